The number of primary amides is 1. The van der Waals surface area contributed by atoms with Crippen LogP contribution < -0.4 is 15.2 Å². The third kappa shape index (κ3) is 4.38. The third-order valence-electron chi connectivity index (χ3n) is 5.83. The van der Waals surface area contributed by atoms with Gasteiger partial charge in [-0.2, -0.15) is 0 Å². The van der Waals surface area contributed by atoms with Crippen LogP contribution in [0.15, 0.2) is 97.3 Å². The Bertz CT molecular complexity index is 1320. The molecule has 0 spiro atoms. The molecule has 0 aliphatic carbocycles. The van der Waals surface area contributed by atoms with Gasteiger partial charge in [-0.25, -0.2) is 0 Å². The molecule has 2 heterocycles. The number of benzene rings is 3. The Labute approximate surface area is 197 Å². The summed E-state index contributed by atoms with van der Waals surface area (Å²) in [4.78, 5) is 28.3. The van der Waals surface area contributed by atoms with Crippen molar-refractivity contribution in [1.29, 1.82) is 0 Å². The van der Waals surface area contributed by atoms with Crippen LogP contribution >= 0.6 is 0 Å². The van der Waals surface area contributed by atoms with Crippen LogP contribution in [0.2, 0.25) is 0 Å². The highest BCUT2D eigenvalue weighted by atomic mass is 16.5. The van der Waals surface area contributed by atoms with Crippen molar-refractivity contribution in [2.75, 3.05) is 0 Å². The van der Waals surface area contributed by atoms with E-state index in [1.54, 1.807) is 42.7 Å². The molecule has 5 rings (SSSR count). The van der Waals surface area contributed by atoms with Gasteiger partial charge in [0.1, 0.15) is 23.7 Å². The average molecular weight is 450 g/mol. The molecule has 1 aliphatic heterocycles. The number of aromatic nitrogens is 1. The Morgan fingerprint density at radius 1 is 0.941 bits per heavy atom. The second-order valence-electron chi connectivity index (χ2n) is 8.07. The molecule has 0 fully saturated rings. The zero-order valence-corrected chi connectivity index (χ0v) is 18.3. The lowest BCUT2D eigenvalue weighted by molar-refractivity contribution is 0.0848. The number of hydrogen-bond acceptors (Lipinski definition) is 5. The SMILES string of the molecule is NC(=O)c1ccc([C@@H](Oc2ccc3c(c2)O[C@@H](c2ccccc2)CC3=O)c2ccncc2)cc1. The summed E-state index contributed by atoms with van der Waals surface area (Å²) in [5.41, 5.74) is 9.04. The molecule has 0 unspecified atom stereocenters. The first-order chi connectivity index (χ1) is 16.6. The first-order valence-corrected chi connectivity index (χ1v) is 10.9. The molecule has 1 aromatic heterocycles. The Morgan fingerprint density at radius 2 is 1.65 bits per heavy atom. The Balaban J connectivity index is 1.46. The Kier molecular flexibility index (Phi) is 5.79. The van der Waals surface area contributed by atoms with Crippen LogP contribution in [0.4, 0.5) is 0 Å². The fourth-order valence-electron chi connectivity index (χ4n) is 4.06. The lowest BCUT2D eigenvalue weighted by Crippen LogP contribution is -2.20. The number of Topliss-reactive ketones (excluding diaryl/α,β-unsaturated/α-hetero) is 1. The molecule has 168 valence electrons. The van der Waals surface area contributed by atoms with Gasteiger partial charge in [0.15, 0.2) is 5.78 Å². The predicted molar refractivity (Wildman–Crippen MR) is 127 cm³/mol. The smallest absolute Gasteiger partial charge is 0.248 e. The van der Waals surface area contributed by atoms with Crippen molar-refractivity contribution in [3.63, 3.8) is 0 Å². The third-order valence-corrected chi connectivity index (χ3v) is 5.83. The number of pyridine rings is 1. The minimum absolute atomic E-state index is 0.0365. The summed E-state index contributed by atoms with van der Waals surface area (Å²) in [7, 11) is 0. The van der Waals surface area contributed by atoms with Crippen LogP contribution in [0.5, 0.6) is 11.5 Å². The maximum Gasteiger partial charge on any atom is 0.248 e. The van der Waals surface area contributed by atoms with Gasteiger partial charge in [0.2, 0.25) is 5.91 Å². The fourth-order valence-corrected chi connectivity index (χ4v) is 4.06. The van der Waals surface area contributed by atoms with Crippen LogP contribution in [-0.2, 0) is 0 Å². The van der Waals surface area contributed by atoms with Crippen LogP contribution in [0.3, 0.4) is 0 Å². The van der Waals surface area contributed by atoms with E-state index < -0.39 is 12.0 Å². The maximum atomic E-state index is 12.8. The number of amides is 1. The molecule has 2 atom stereocenters. The number of nitrogens with two attached hydrogens (primary N) is 1. The minimum Gasteiger partial charge on any atom is -0.484 e. The van der Waals surface area contributed by atoms with E-state index in [9.17, 15) is 9.59 Å². The number of rotatable bonds is 6. The maximum absolute atomic E-state index is 12.8. The number of carbonyl (C=O) groups is 2. The molecule has 4 aromatic rings. The number of carbonyl (C=O) groups excluding carboxylic acids is 2. The first-order valence-electron chi connectivity index (χ1n) is 10.9. The number of nitrogens with zero attached hydrogens (tertiary/aromatic N) is 1. The molecule has 0 saturated carbocycles. The first kappa shape index (κ1) is 21.4. The second kappa shape index (κ2) is 9.19. The molecule has 6 heteroatoms. The van der Waals surface area contributed by atoms with Gasteiger partial charge in [-0.3, -0.25) is 14.6 Å². The highest BCUT2D eigenvalue weighted by molar-refractivity contribution is 6.00. The lowest BCUT2D eigenvalue weighted by atomic mass is 9.96. The summed E-state index contributed by atoms with van der Waals surface area (Å²) >= 11 is 0. The van der Waals surface area contributed by atoms with Gasteiger partial charge in [0, 0.05) is 24.0 Å². The molecule has 1 amide bonds. The Morgan fingerprint density at radius 3 is 2.35 bits per heavy atom. The molecule has 0 saturated heterocycles. The van der Waals surface area contributed by atoms with Crippen LogP contribution in [0, 0.1) is 0 Å². The van der Waals surface area contributed by atoms with E-state index in [2.05, 4.69) is 4.98 Å². The van der Waals surface area contributed by atoms with Crippen molar-refractivity contribution in [2.24, 2.45) is 5.73 Å². The number of hydrogen-bond donors (Lipinski definition) is 1. The number of fused-ring (bicyclic) bond motifs is 1. The number of ketones is 1. The van der Waals surface area contributed by atoms with Gasteiger partial charge in [-0.1, -0.05) is 42.5 Å². The average Bonchev–Trinajstić information content (AvgIpc) is 2.88. The van der Waals surface area contributed by atoms with Crippen molar-refractivity contribution in [3.8, 4) is 11.5 Å². The topological polar surface area (TPSA) is 91.5 Å². The van der Waals surface area contributed by atoms with E-state index in [1.807, 2.05) is 54.6 Å². The second-order valence-corrected chi connectivity index (χ2v) is 8.07. The van der Waals surface area contributed by atoms with Crippen molar-refractivity contribution in [2.45, 2.75) is 18.6 Å². The fraction of sp³-hybridized carbons (Fsp3) is 0.107. The summed E-state index contributed by atoms with van der Waals surface area (Å²) in [6.07, 6.45) is 2.88. The van der Waals surface area contributed by atoms with E-state index in [0.29, 0.717) is 29.0 Å². The summed E-state index contributed by atoms with van der Waals surface area (Å²) in [6, 6.07) is 25.7. The van der Waals surface area contributed by atoms with Crippen LogP contribution in [-0.4, -0.2) is 16.7 Å². The van der Waals surface area contributed by atoms with E-state index in [-0.39, 0.29) is 11.9 Å². The largest absolute Gasteiger partial charge is 0.484 e. The highest BCUT2D eigenvalue weighted by Crippen LogP contribution is 2.38. The predicted octanol–water partition coefficient (Wildman–Crippen LogP) is 5.06. The zero-order chi connectivity index (χ0) is 23.5. The van der Waals surface area contributed by atoms with Crippen molar-refractivity contribution in [1.82, 2.24) is 4.98 Å². The van der Waals surface area contributed by atoms with Gasteiger partial charge >= 0.3 is 0 Å². The summed E-state index contributed by atoms with van der Waals surface area (Å²) in [6.45, 7) is 0. The van der Waals surface area contributed by atoms with E-state index in [4.69, 9.17) is 15.2 Å². The molecule has 1 aliphatic rings. The molecular formula is C28H22N2O4. The van der Waals surface area contributed by atoms with Crippen molar-refractivity contribution in [3.05, 3.63) is 125 Å². The van der Waals surface area contributed by atoms with Gasteiger partial charge in [0.05, 0.1) is 12.0 Å². The number of ether oxygens (including phenoxy) is 2. The quantitative estimate of drug-likeness (QED) is 0.444. The molecule has 0 radical (unpaired) electrons. The normalized spacial score (nSPS) is 15.6. The molecule has 2 N–H and O–H groups in total. The Hall–Kier alpha value is -4.45. The summed E-state index contributed by atoms with van der Waals surface area (Å²) < 4.78 is 12.6. The van der Waals surface area contributed by atoms with Gasteiger partial charge < -0.3 is 15.2 Å². The van der Waals surface area contributed by atoms with E-state index in [0.717, 1.165) is 16.7 Å². The molecular weight excluding hydrogens is 428 g/mol. The van der Waals surface area contributed by atoms with Crippen LogP contribution in [0.1, 0.15) is 56.0 Å². The van der Waals surface area contributed by atoms with Gasteiger partial charge in [0.25, 0.3) is 0 Å². The molecule has 34 heavy (non-hydrogen) atoms. The monoisotopic (exact) mass is 450 g/mol. The summed E-state index contributed by atoms with van der Waals surface area (Å²) in [5, 5.41) is 0. The highest BCUT2D eigenvalue weighted by Gasteiger charge is 2.28. The standard InChI is InChI=1S/C28H22N2O4/c29-28(32)21-8-6-19(7-9-21)27(20-12-14-30-15-13-20)33-22-10-11-23-24(31)17-25(34-26(23)16-22)18-4-2-1-3-5-18/h1-16,25,27H,17H2,(H2,29,32)/t25-,27-/m1/s1. The van der Waals surface area contributed by atoms with Crippen molar-refractivity contribution < 1.29 is 19.1 Å². The molecule has 3 aromatic carbocycles. The summed E-state index contributed by atoms with van der Waals surface area (Å²) in [5.74, 6) is 0.605. The van der Waals surface area contributed by atoms with Crippen LogP contribution in [0.25, 0.3) is 0 Å². The molecule has 0 bridgehead atoms. The van der Waals surface area contributed by atoms with Gasteiger partial charge in [-0.15, -0.1) is 0 Å². The van der Waals surface area contributed by atoms with Crippen molar-refractivity contribution >= 4 is 11.7 Å². The zero-order valence-electron chi connectivity index (χ0n) is 18.3. The molecule has 6 nitrogen and oxygen atoms in total. The van der Waals surface area contributed by atoms with E-state index in [1.165, 1.54) is 0 Å². The van der Waals surface area contributed by atoms with Gasteiger partial charge in [-0.05, 0) is 53.1 Å². The minimum atomic E-state index is -0.489. The lowest BCUT2D eigenvalue weighted by Gasteiger charge is -2.27. The van der Waals surface area contributed by atoms with E-state index >= 15 is 0 Å².